The Balaban J connectivity index is 2.19. The summed E-state index contributed by atoms with van der Waals surface area (Å²) in [6.45, 7) is 1.35. The Morgan fingerprint density at radius 1 is 1.07 bits per heavy atom. The number of methoxy groups -OCH3 is 2. The molecule has 1 aromatic carbocycles. The highest BCUT2D eigenvalue weighted by Gasteiger charge is 2.21. The van der Waals surface area contributed by atoms with Crippen LogP contribution in [0.25, 0.3) is 22.2 Å². The zero-order chi connectivity index (χ0) is 21.0. The smallest absolute Gasteiger partial charge is 0.220 e. The molecule has 0 spiro atoms. The van der Waals surface area contributed by atoms with Gasteiger partial charge in [-0.1, -0.05) is 35.1 Å². The van der Waals surface area contributed by atoms with E-state index >= 15 is 0 Å². The van der Waals surface area contributed by atoms with Gasteiger partial charge in [-0.15, -0.1) is 0 Å². The van der Waals surface area contributed by atoms with E-state index < -0.39 is 0 Å². The van der Waals surface area contributed by atoms with Crippen molar-refractivity contribution >= 4 is 57.8 Å². The predicted octanol–water partition coefficient (Wildman–Crippen LogP) is 3.88. The number of anilines is 2. The zero-order valence-corrected chi connectivity index (χ0v) is 18.4. The maximum Gasteiger partial charge on any atom is 0.220 e. The lowest BCUT2D eigenvalue weighted by atomic mass is 10.1. The summed E-state index contributed by atoms with van der Waals surface area (Å²) in [5, 5.41) is 4.67. The van der Waals surface area contributed by atoms with Crippen molar-refractivity contribution in [1.29, 1.82) is 0 Å². The Morgan fingerprint density at radius 2 is 1.76 bits per heavy atom. The molecule has 0 radical (unpaired) electrons. The monoisotopic (exact) mass is 454 g/mol. The van der Waals surface area contributed by atoms with Crippen LogP contribution in [0.2, 0.25) is 10.0 Å². The van der Waals surface area contributed by atoms with Crippen molar-refractivity contribution in [2.45, 2.75) is 0 Å². The second-order valence-corrected chi connectivity index (χ2v) is 7.28. The number of aromatic nitrogens is 3. The molecule has 0 atom stereocenters. The summed E-state index contributed by atoms with van der Waals surface area (Å²) in [5.74, 6) is 1.56. The van der Waals surface area contributed by atoms with E-state index in [0.29, 0.717) is 50.7 Å². The van der Waals surface area contributed by atoms with Gasteiger partial charge in [-0.05, 0) is 12.3 Å². The highest BCUT2D eigenvalue weighted by atomic mass is 35.5. The first kappa shape index (κ1) is 21.5. The summed E-state index contributed by atoms with van der Waals surface area (Å²) < 4.78 is 13.9. The molecule has 0 saturated heterocycles. The second-order valence-electron chi connectivity index (χ2n) is 5.83. The molecule has 29 heavy (non-hydrogen) atoms. The number of hydrogen-bond donors (Lipinski definition) is 3. The Labute approximate surface area is 182 Å². The van der Waals surface area contributed by atoms with Crippen molar-refractivity contribution in [3.05, 3.63) is 28.4 Å². The van der Waals surface area contributed by atoms with Crippen LogP contribution in [0.15, 0.2) is 18.3 Å². The van der Waals surface area contributed by atoms with Gasteiger partial charge in [0.05, 0.1) is 30.0 Å². The standard InChI is InChI=1S/C18H20Cl2N6O2S/c1-27-11-7-12(28-2)15(20)13(14(11)19)10-6-9-8-23-18(21)26-16(9)17(25-10)22-4-5-24-29-3/h6-8,24H,4-5H2,1-3H3,(H,22,25)(H2,21,23,26). The largest absolute Gasteiger partial charge is 0.495 e. The van der Waals surface area contributed by atoms with E-state index in [2.05, 4.69) is 20.0 Å². The van der Waals surface area contributed by atoms with Crippen LogP contribution in [0.4, 0.5) is 11.8 Å². The molecule has 8 nitrogen and oxygen atoms in total. The van der Waals surface area contributed by atoms with E-state index in [0.717, 1.165) is 11.9 Å². The number of hydrogen-bond acceptors (Lipinski definition) is 9. The summed E-state index contributed by atoms with van der Waals surface area (Å²) in [6.07, 6.45) is 3.59. The van der Waals surface area contributed by atoms with Crippen LogP contribution in [0, 0.1) is 0 Å². The molecule has 2 heterocycles. The van der Waals surface area contributed by atoms with Gasteiger partial charge in [0.2, 0.25) is 5.95 Å². The average molecular weight is 455 g/mol. The van der Waals surface area contributed by atoms with E-state index in [-0.39, 0.29) is 5.95 Å². The molecule has 0 aliphatic heterocycles. The Hall–Kier alpha value is -2.20. The van der Waals surface area contributed by atoms with Gasteiger partial charge in [-0.2, -0.15) is 0 Å². The number of nitrogens with two attached hydrogens (primary N) is 1. The van der Waals surface area contributed by atoms with Gasteiger partial charge in [0, 0.05) is 36.3 Å². The van der Waals surface area contributed by atoms with Crippen LogP contribution in [-0.4, -0.2) is 48.5 Å². The zero-order valence-electron chi connectivity index (χ0n) is 16.0. The Morgan fingerprint density at radius 3 is 2.38 bits per heavy atom. The van der Waals surface area contributed by atoms with Crippen LogP contribution in [0.3, 0.4) is 0 Å². The summed E-state index contributed by atoms with van der Waals surface area (Å²) in [6, 6.07) is 3.43. The lowest BCUT2D eigenvalue weighted by molar-refractivity contribution is 0.395. The highest BCUT2D eigenvalue weighted by molar-refractivity contribution is 7.96. The fourth-order valence-electron chi connectivity index (χ4n) is 2.75. The number of benzene rings is 1. The van der Waals surface area contributed by atoms with Crippen LogP contribution in [0.5, 0.6) is 11.5 Å². The van der Waals surface area contributed by atoms with Crippen LogP contribution in [-0.2, 0) is 0 Å². The first-order valence-corrected chi connectivity index (χ1v) is 10.5. The van der Waals surface area contributed by atoms with E-state index in [1.165, 1.54) is 26.2 Å². The van der Waals surface area contributed by atoms with E-state index in [4.69, 9.17) is 43.4 Å². The SMILES string of the molecule is COc1cc(OC)c(Cl)c(-c2cc3cnc(N)nc3c(NCCNSC)n2)c1Cl. The summed E-state index contributed by atoms with van der Waals surface area (Å²) in [7, 11) is 3.04. The third kappa shape index (κ3) is 4.53. The lowest BCUT2D eigenvalue weighted by Crippen LogP contribution is -2.17. The van der Waals surface area contributed by atoms with Crippen molar-refractivity contribution in [3.63, 3.8) is 0 Å². The minimum atomic E-state index is 0.163. The number of rotatable bonds is 8. The van der Waals surface area contributed by atoms with Gasteiger partial charge in [-0.25, -0.2) is 15.0 Å². The topological polar surface area (TPSA) is 107 Å². The molecule has 0 fully saturated rings. The lowest BCUT2D eigenvalue weighted by Gasteiger charge is -2.16. The molecule has 0 unspecified atom stereocenters. The number of nitrogen functional groups attached to an aromatic ring is 1. The molecule has 0 bridgehead atoms. The summed E-state index contributed by atoms with van der Waals surface area (Å²) in [5.41, 5.74) is 7.40. The fourth-order valence-corrected chi connectivity index (χ4v) is 3.75. The molecule has 11 heteroatoms. The van der Waals surface area contributed by atoms with Crippen molar-refractivity contribution in [3.8, 4) is 22.8 Å². The maximum atomic E-state index is 6.56. The van der Waals surface area contributed by atoms with Gasteiger partial charge in [0.1, 0.15) is 17.0 Å². The number of fused-ring (bicyclic) bond motifs is 1. The number of nitrogens with one attached hydrogen (secondary N) is 2. The van der Waals surface area contributed by atoms with Gasteiger partial charge < -0.3 is 20.5 Å². The number of nitrogens with zero attached hydrogens (tertiary/aromatic N) is 3. The Bertz CT molecular complexity index is 1010. The molecule has 0 amide bonds. The second kappa shape index (κ2) is 9.53. The normalized spacial score (nSPS) is 10.9. The first-order chi connectivity index (χ1) is 14.0. The van der Waals surface area contributed by atoms with Crippen molar-refractivity contribution in [2.75, 3.05) is 44.6 Å². The summed E-state index contributed by atoms with van der Waals surface area (Å²) in [4.78, 5) is 13.1. The maximum absolute atomic E-state index is 6.56. The molecule has 0 aliphatic rings. The third-order valence-corrected chi connectivity index (χ3v) is 5.32. The summed E-state index contributed by atoms with van der Waals surface area (Å²) >= 11 is 14.7. The van der Waals surface area contributed by atoms with Gasteiger partial charge >= 0.3 is 0 Å². The molecule has 2 aromatic heterocycles. The molecular weight excluding hydrogens is 435 g/mol. The minimum Gasteiger partial charge on any atom is -0.495 e. The number of halogens is 2. The van der Waals surface area contributed by atoms with E-state index in [1.807, 2.05) is 6.26 Å². The number of ether oxygens (including phenoxy) is 2. The third-order valence-electron chi connectivity index (χ3n) is 4.08. The van der Waals surface area contributed by atoms with Gasteiger partial charge in [0.15, 0.2) is 5.82 Å². The quantitative estimate of drug-likeness (QED) is 0.345. The first-order valence-electron chi connectivity index (χ1n) is 8.53. The van der Waals surface area contributed by atoms with Crippen LogP contribution < -0.4 is 25.2 Å². The van der Waals surface area contributed by atoms with E-state index in [1.54, 1.807) is 18.3 Å². The highest BCUT2D eigenvalue weighted by Crippen LogP contribution is 2.46. The fraction of sp³-hybridized carbons (Fsp3) is 0.278. The molecular formula is C18H20Cl2N6O2S. The molecule has 154 valence electrons. The average Bonchev–Trinajstić information content (AvgIpc) is 2.72. The molecule has 3 rings (SSSR count). The van der Waals surface area contributed by atoms with Crippen molar-refractivity contribution in [2.24, 2.45) is 0 Å². The Kier molecular flexibility index (Phi) is 7.07. The van der Waals surface area contributed by atoms with Crippen molar-refractivity contribution < 1.29 is 9.47 Å². The van der Waals surface area contributed by atoms with Crippen LogP contribution in [0.1, 0.15) is 0 Å². The van der Waals surface area contributed by atoms with Crippen LogP contribution >= 0.6 is 35.1 Å². The van der Waals surface area contributed by atoms with Gasteiger partial charge in [0.25, 0.3) is 0 Å². The predicted molar refractivity (Wildman–Crippen MR) is 120 cm³/mol. The van der Waals surface area contributed by atoms with Gasteiger partial charge in [-0.3, -0.25) is 4.72 Å². The molecule has 4 N–H and O–H groups in total. The molecule has 0 aliphatic carbocycles. The molecule has 3 aromatic rings. The minimum absolute atomic E-state index is 0.163. The molecule has 0 saturated carbocycles. The van der Waals surface area contributed by atoms with Crippen molar-refractivity contribution in [1.82, 2.24) is 19.7 Å². The number of pyridine rings is 1. The van der Waals surface area contributed by atoms with E-state index in [9.17, 15) is 0 Å².